The fraction of sp³-hybridized carbons (Fsp3) is 1.00. The molecule has 3 heteroatoms. The second-order valence-electron chi connectivity index (χ2n) is 4.65. The minimum Gasteiger partial charge on any atom is -0.396 e. The second kappa shape index (κ2) is 4.40. The molecular weight excluding hydrogens is 168 g/mol. The Hall–Kier alpha value is -0.120. The van der Waals surface area contributed by atoms with Crippen molar-refractivity contribution in [3.63, 3.8) is 0 Å². The zero-order valence-corrected chi connectivity index (χ0v) is 8.75. The Balaban J connectivity index is 2.39. The van der Waals surface area contributed by atoms with Crippen molar-refractivity contribution in [3.05, 3.63) is 0 Å². The Bertz CT molecular complexity index is 145. The Morgan fingerprint density at radius 2 is 1.85 bits per heavy atom. The maximum atomic E-state index is 9.21. The molecule has 78 valence electrons. The van der Waals surface area contributed by atoms with Crippen LogP contribution in [0.5, 0.6) is 0 Å². The molecule has 1 aliphatic heterocycles. The van der Waals surface area contributed by atoms with Gasteiger partial charge in [0.15, 0.2) is 6.29 Å². The second-order valence-corrected chi connectivity index (χ2v) is 4.65. The number of aliphatic hydroxyl groups is 1. The Morgan fingerprint density at radius 3 is 2.23 bits per heavy atom. The highest BCUT2D eigenvalue weighted by atomic mass is 16.7. The molecule has 0 bridgehead atoms. The molecule has 1 fully saturated rings. The van der Waals surface area contributed by atoms with E-state index in [0.717, 1.165) is 6.42 Å². The van der Waals surface area contributed by atoms with Crippen LogP contribution in [0.1, 0.15) is 27.2 Å². The van der Waals surface area contributed by atoms with Gasteiger partial charge in [-0.3, -0.25) is 0 Å². The lowest BCUT2D eigenvalue weighted by Crippen LogP contribution is -2.28. The number of ether oxygens (including phenoxy) is 2. The van der Waals surface area contributed by atoms with Gasteiger partial charge in [0.1, 0.15) is 0 Å². The molecule has 0 spiro atoms. The summed E-state index contributed by atoms with van der Waals surface area (Å²) in [6.45, 7) is 7.96. The van der Waals surface area contributed by atoms with Gasteiger partial charge in [-0.2, -0.15) is 0 Å². The van der Waals surface area contributed by atoms with Crippen molar-refractivity contribution in [1.82, 2.24) is 0 Å². The molecule has 1 N–H and O–H groups in total. The van der Waals surface area contributed by atoms with E-state index in [9.17, 15) is 5.11 Å². The molecule has 1 saturated heterocycles. The van der Waals surface area contributed by atoms with Gasteiger partial charge in [0, 0.05) is 13.0 Å². The zero-order chi connectivity index (χ0) is 9.90. The number of aliphatic hydroxyl groups excluding tert-OH is 1. The van der Waals surface area contributed by atoms with Crippen LogP contribution in [0.15, 0.2) is 0 Å². The molecule has 1 rings (SSSR count). The fourth-order valence-corrected chi connectivity index (χ4v) is 1.48. The van der Waals surface area contributed by atoms with E-state index in [-0.39, 0.29) is 24.2 Å². The van der Waals surface area contributed by atoms with Gasteiger partial charge in [-0.1, -0.05) is 20.8 Å². The summed E-state index contributed by atoms with van der Waals surface area (Å²) in [5.41, 5.74) is 0.115. The normalized spacial score (nSPS) is 22.2. The summed E-state index contributed by atoms with van der Waals surface area (Å²) in [4.78, 5) is 0. The van der Waals surface area contributed by atoms with E-state index < -0.39 is 0 Å². The Kier molecular flexibility index (Phi) is 3.71. The van der Waals surface area contributed by atoms with E-state index in [4.69, 9.17) is 9.47 Å². The van der Waals surface area contributed by atoms with Crippen molar-refractivity contribution >= 4 is 0 Å². The maximum absolute atomic E-state index is 9.21. The largest absolute Gasteiger partial charge is 0.396 e. The molecule has 0 amide bonds. The monoisotopic (exact) mass is 188 g/mol. The van der Waals surface area contributed by atoms with Crippen LogP contribution in [0.25, 0.3) is 0 Å². The summed E-state index contributed by atoms with van der Waals surface area (Å²) in [5, 5.41) is 9.21. The van der Waals surface area contributed by atoms with Crippen LogP contribution >= 0.6 is 0 Å². The average Bonchev–Trinajstić information content (AvgIpc) is 2.49. The van der Waals surface area contributed by atoms with E-state index in [1.54, 1.807) is 0 Å². The van der Waals surface area contributed by atoms with Gasteiger partial charge in [-0.05, 0) is 11.3 Å². The van der Waals surface area contributed by atoms with Crippen LogP contribution in [-0.4, -0.2) is 31.2 Å². The molecule has 0 saturated carbocycles. The van der Waals surface area contributed by atoms with Gasteiger partial charge in [-0.15, -0.1) is 0 Å². The van der Waals surface area contributed by atoms with Crippen LogP contribution in [0, 0.1) is 11.3 Å². The van der Waals surface area contributed by atoms with Crippen LogP contribution in [-0.2, 0) is 9.47 Å². The third-order valence-electron chi connectivity index (χ3n) is 2.61. The molecule has 0 radical (unpaired) electrons. The van der Waals surface area contributed by atoms with Crippen molar-refractivity contribution in [2.45, 2.75) is 33.5 Å². The van der Waals surface area contributed by atoms with Crippen molar-refractivity contribution in [3.8, 4) is 0 Å². The standard InChI is InChI=1S/C10H20O3/c1-10(2,3)8(7-11)6-9-12-4-5-13-9/h8-9,11H,4-7H2,1-3H3. The lowest BCUT2D eigenvalue weighted by Gasteiger charge is -2.30. The third-order valence-corrected chi connectivity index (χ3v) is 2.61. The lowest BCUT2D eigenvalue weighted by atomic mass is 9.79. The van der Waals surface area contributed by atoms with Gasteiger partial charge in [0.05, 0.1) is 13.2 Å². The lowest BCUT2D eigenvalue weighted by molar-refractivity contribution is -0.0734. The quantitative estimate of drug-likeness (QED) is 0.727. The number of rotatable bonds is 3. The third kappa shape index (κ3) is 3.25. The molecule has 1 unspecified atom stereocenters. The topological polar surface area (TPSA) is 38.7 Å². The summed E-state index contributed by atoms with van der Waals surface area (Å²) in [6.07, 6.45) is 0.691. The van der Waals surface area contributed by atoms with Gasteiger partial charge >= 0.3 is 0 Å². The van der Waals surface area contributed by atoms with Crippen LogP contribution < -0.4 is 0 Å². The highest BCUT2D eigenvalue weighted by molar-refractivity contribution is 4.75. The van der Waals surface area contributed by atoms with E-state index in [1.165, 1.54) is 0 Å². The first-order valence-electron chi connectivity index (χ1n) is 4.88. The first-order valence-corrected chi connectivity index (χ1v) is 4.88. The van der Waals surface area contributed by atoms with Crippen molar-refractivity contribution < 1.29 is 14.6 Å². The number of hydrogen-bond acceptors (Lipinski definition) is 3. The van der Waals surface area contributed by atoms with Crippen molar-refractivity contribution in [1.29, 1.82) is 0 Å². The van der Waals surface area contributed by atoms with E-state index in [0.29, 0.717) is 13.2 Å². The molecular formula is C10H20O3. The summed E-state index contributed by atoms with van der Waals surface area (Å²) in [6, 6.07) is 0. The fourth-order valence-electron chi connectivity index (χ4n) is 1.48. The number of hydrogen-bond donors (Lipinski definition) is 1. The van der Waals surface area contributed by atoms with Crippen LogP contribution in [0.2, 0.25) is 0 Å². The smallest absolute Gasteiger partial charge is 0.158 e. The molecule has 0 aromatic carbocycles. The molecule has 0 aromatic rings. The highest BCUT2D eigenvalue weighted by Gasteiger charge is 2.29. The highest BCUT2D eigenvalue weighted by Crippen LogP contribution is 2.30. The first-order chi connectivity index (χ1) is 6.04. The minimum atomic E-state index is -0.101. The molecule has 1 atom stereocenters. The maximum Gasteiger partial charge on any atom is 0.158 e. The van der Waals surface area contributed by atoms with Gasteiger partial charge < -0.3 is 14.6 Å². The summed E-state index contributed by atoms with van der Waals surface area (Å²) >= 11 is 0. The Morgan fingerprint density at radius 1 is 1.31 bits per heavy atom. The zero-order valence-electron chi connectivity index (χ0n) is 8.75. The van der Waals surface area contributed by atoms with Crippen molar-refractivity contribution in [2.75, 3.05) is 19.8 Å². The summed E-state index contributed by atoms with van der Waals surface area (Å²) in [5.74, 6) is 0.246. The molecule has 0 aliphatic carbocycles. The predicted molar refractivity (Wildman–Crippen MR) is 50.3 cm³/mol. The van der Waals surface area contributed by atoms with Crippen LogP contribution in [0.4, 0.5) is 0 Å². The molecule has 1 aliphatic rings. The van der Waals surface area contributed by atoms with E-state index in [1.807, 2.05) is 0 Å². The Labute approximate surface area is 80.0 Å². The van der Waals surface area contributed by atoms with Crippen molar-refractivity contribution in [2.24, 2.45) is 11.3 Å². The minimum absolute atomic E-state index is 0.101. The van der Waals surface area contributed by atoms with Gasteiger partial charge in [0.25, 0.3) is 0 Å². The SMILES string of the molecule is CC(C)(C)C(CO)CC1OCCO1. The van der Waals surface area contributed by atoms with E-state index in [2.05, 4.69) is 20.8 Å². The first kappa shape index (κ1) is 11.0. The van der Waals surface area contributed by atoms with Crippen LogP contribution in [0.3, 0.4) is 0 Å². The molecule has 1 heterocycles. The summed E-state index contributed by atoms with van der Waals surface area (Å²) < 4.78 is 10.7. The van der Waals surface area contributed by atoms with Gasteiger partial charge in [0.2, 0.25) is 0 Å². The summed E-state index contributed by atoms with van der Waals surface area (Å²) in [7, 11) is 0. The van der Waals surface area contributed by atoms with Gasteiger partial charge in [-0.25, -0.2) is 0 Å². The van der Waals surface area contributed by atoms with E-state index >= 15 is 0 Å². The predicted octanol–water partition coefficient (Wildman–Crippen LogP) is 1.40. The molecule has 0 aromatic heterocycles. The average molecular weight is 188 g/mol. The molecule has 3 nitrogen and oxygen atoms in total. The molecule has 13 heavy (non-hydrogen) atoms.